The average Bonchev–Trinajstić information content (AvgIpc) is 2.38. The highest BCUT2D eigenvalue weighted by atomic mass is 79.9. The number of rotatable bonds is 3. The van der Waals surface area contributed by atoms with Gasteiger partial charge in [0.05, 0.1) is 10.7 Å². The second-order valence-electron chi connectivity index (χ2n) is 4.45. The number of amides is 1. The number of aromatic nitrogens is 1. The van der Waals surface area contributed by atoms with Gasteiger partial charge < -0.3 is 9.88 Å². The lowest BCUT2D eigenvalue weighted by Crippen LogP contribution is -2.28. The zero-order chi connectivity index (χ0) is 15.6. The Morgan fingerprint density at radius 2 is 2.05 bits per heavy atom. The van der Waals surface area contributed by atoms with Crippen LogP contribution in [-0.4, -0.2) is 10.5 Å². The molecule has 0 fully saturated rings. The second-order valence-corrected chi connectivity index (χ2v) is 6.21. The van der Waals surface area contributed by atoms with Crippen LogP contribution in [0.1, 0.15) is 5.56 Å². The first-order valence-corrected chi connectivity index (χ1v) is 7.53. The molecule has 21 heavy (non-hydrogen) atoms. The van der Waals surface area contributed by atoms with Crippen molar-refractivity contribution < 1.29 is 4.79 Å². The number of carbonyl (C=O) groups excluding carboxylic acids is 1. The Bertz CT molecular complexity index is 759. The van der Waals surface area contributed by atoms with E-state index in [1.54, 1.807) is 31.3 Å². The van der Waals surface area contributed by atoms with Crippen LogP contribution in [0.2, 0.25) is 10.0 Å². The molecule has 0 saturated carbocycles. The molecule has 1 amide bonds. The van der Waals surface area contributed by atoms with E-state index in [1.165, 1.54) is 10.6 Å². The van der Waals surface area contributed by atoms with Crippen molar-refractivity contribution in [3.63, 3.8) is 0 Å². The second kappa shape index (κ2) is 6.64. The predicted octanol–water partition coefficient (Wildman–Crippen LogP) is 3.86. The van der Waals surface area contributed by atoms with Gasteiger partial charge in [-0.05, 0) is 47.1 Å². The summed E-state index contributed by atoms with van der Waals surface area (Å²) in [4.78, 5) is 24.0. The highest BCUT2D eigenvalue weighted by Crippen LogP contribution is 2.25. The number of nitrogens with zero attached hydrogens (tertiary/aromatic N) is 1. The zero-order valence-electron chi connectivity index (χ0n) is 11.0. The molecule has 0 saturated heterocycles. The van der Waals surface area contributed by atoms with Crippen molar-refractivity contribution in [3.8, 4) is 0 Å². The topological polar surface area (TPSA) is 51.1 Å². The highest BCUT2D eigenvalue weighted by molar-refractivity contribution is 9.10. The number of anilines is 1. The smallest absolute Gasteiger partial charge is 0.253 e. The number of hydrogen-bond donors (Lipinski definition) is 1. The molecule has 0 aliphatic rings. The van der Waals surface area contributed by atoms with Gasteiger partial charge in [0.1, 0.15) is 6.54 Å². The van der Waals surface area contributed by atoms with Crippen LogP contribution < -0.4 is 10.9 Å². The van der Waals surface area contributed by atoms with Gasteiger partial charge in [0.25, 0.3) is 5.56 Å². The van der Waals surface area contributed by atoms with Crippen LogP contribution in [0.5, 0.6) is 0 Å². The van der Waals surface area contributed by atoms with Crippen molar-refractivity contribution in [2.45, 2.75) is 13.5 Å². The van der Waals surface area contributed by atoms with Crippen molar-refractivity contribution in [2.75, 3.05) is 5.32 Å². The third-order valence-corrected chi connectivity index (χ3v) is 3.73. The molecule has 7 heteroatoms. The van der Waals surface area contributed by atoms with E-state index < -0.39 is 0 Å². The number of hydrogen-bond acceptors (Lipinski definition) is 2. The Balaban J connectivity index is 2.17. The van der Waals surface area contributed by atoms with Gasteiger partial charge in [-0.15, -0.1) is 0 Å². The van der Waals surface area contributed by atoms with Gasteiger partial charge in [-0.2, -0.15) is 0 Å². The maximum Gasteiger partial charge on any atom is 0.253 e. The molecule has 1 aromatic heterocycles. The molecule has 4 nitrogen and oxygen atoms in total. The molecule has 0 unspecified atom stereocenters. The lowest BCUT2D eigenvalue weighted by molar-refractivity contribution is -0.116. The van der Waals surface area contributed by atoms with E-state index in [4.69, 9.17) is 23.2 Å². The standard InChI is InChI=1S/C14H11BrCl2N2O2/c1-8-4-9(15)6-19(14(8)21)7-13(20)18-12-3-2-10(16)5-11(12)17/h2-6H,7H2,1H3,(H,18,20). The minimum atomic E-state index is -0.348. The van der Waals surface area contributed by atoms with Crippen LogP contribution in [-0.2, 0) is 11.3 Å². The van der Waals surface area contributed by atoms with Crippen molar-refractivity contribution in [3.05, 3.63) is 60.9 Å². The minimum absolute atomic E-state index is 0.0991. The predicted molar refractivity (Wildman–Crippen MR) is 88.2 cm³/mol. The Labute approximate surface area is 139 Å². The number of nitrogens with one attached hydrogen (secondary N) is 1. The third kappa shape index (κ3) is 4.09. The molecule has 1 heterocycles. The quantitative estimate of drug-likeness (QED) is 0.866. The Kier molecular flexibility index (Phi) is 5.08. The van der Waals surface area contributed by atoms with E-state index in [0.717, 1.165) is 4.47 Å². The van der Waals surface area contributed by atoms with E-state index in [2.05, 4.69) is 21.2 Å². The van der Waals surface area contributed by atoms with E-state index in [0.29, 0.717) is 21.3 Å². The first kappa shape index (κ1) is 16.1. The van der Waals surface area contributed by atoms with Crippen LogP contribution in [0.15, 0.2) is 39.7 Å². The van der Waals surface area contributed by atoms with Gasteiger partial charge in [-0.1, -0.05) is 23.2 Å². The zero-order valence-corrected chi connectivity index (χ0v) is 14.1. The molecule has 0 atom stereocenters. The highest BCUT2D eigenvalue weighted by Gasteiger charge is 2.09. The van der Waals surface area contributed by atoms with Gasteiger partial charge in [-0.25, -0.2) is 0 Å². The fraction of sp³-hybridized carbons (Fsp3) is 0.143. The van der Waals surface area contributed by atoms with Crippen LogP contribution in [0.25, 0.3) is 0 Å². The fourth-order valence-corrected chi connectivity index (χ4v) is 2.84. The Morgan fingerprint density at radius 3 is 2.71 bits per heavy atom. The van der Waals surface area contributed by atoms with E-state index in [1.807, 2.05) is 0 Å². The number of aryl methyl sites for hydroxylation is 1. The normalized spacial score (nSPS) is 10.5. The summed E-state index contributed by atoms with van der Waals surface area (Å²) < 4.78 is 2.07. The summed E-state index contributed by atoms with van der Waals surface area (Å²) in [5.74, 6) is -0.348. The van der Waals surface area contributed by atoms with Crippen molar-refractivity contribution >= 4 is 50.7 Å². The molecule has 0 aliphatic carbocycles. The molecule has 0 aliphatic heterocycles. The van der Waals surface area contributed by atoms with Crippen LogP contribution >= 0.6 is 39.1 Å². The van der Waals surface area contributed by atoms with Gasteiger partial charge in [0.2, 0.25) is 5.91 Å². The Morgan fingerprint density at radius 1 is 1.33 bits per heavy atom. The number of pyridine rings is 1. The molecule has 2 rings (SSSR count). The third-order valence-electron chi connectivity index (χ3n) is 2.75. The number of benzene rings is 1. The molecule has 110 valence electrons. The molecular weight excluding hydrogens is 379 g/mol. The van der Waals surface area contributed by atoms with Gasteiger partial charge in [0.15, 0.2) is 0 Å². The van der Waals surface area contributed by atoms with Crippen molar-refractivity contribution in [1.29, 1.82) is 0 Å². The molecule has 1 aromatic carbocycles. The fourth-order valence-electron chi connectivity index (χ4n) is 1.79. The molecular formula is C14H11BrCl2N2O2. The summed E-state index contributed by atoms with van der Waals surface area (Å²) >= 11 is 15.1. The number of halogens is 3. The molecule has 0 spiro atoms. The first-order valence-electron chi connectivity index (χ1n) is 5.98. The summed E-state index contributed by atoms with van der Waals surface area (Å²) in [6.07, 6.45) is 1.57. The van der Waals surface area contributed by atoms with Crippen molar-refractivity contribution in [2.24, 2.45) is 0 Å². The summed E-state index contributed by atoms with van der Waals surface area (Å²) in [6.45, 7) is 1.59. The summed E-state index contributed by atoms with van der Waals surface area (Å²) in [6, 6.07) is 6.47. The maximum absolute atomic E-state index is 12.0. The maximum atomic E-state index is 12.0. The number of carbonyl (C=O) groups is 1. The minimum Gasteiger partial charge on any atom is -0.323 e. The van der Waals surface area contributed by atoms with E-state index >= 15 is 0 Å². The molecule has 0 bridgehead atoms. The monoisotopic (exact) mass is 388 g/mol. The average molecular weight is 390 g/mol. The molecule has 2 aromatic rings. The SMILES string of the molecule is Cc1cc(Br)cn(CC(=O)Nc2ccc(Cl)cc2Cl)c1=O. The first-order chi connectivity index (χ1) is 9.86. The summed E-state index contributed by atoms with van der Waals surface area (Å²) in [5, 5.41) is 3.47. The van der Waals surface area contributed by atoms with Crippen LogP contribution in [0, 0.1) is 6.92 Å². The van der Waals surface area contributed by atoms with Crippen molar-refractivity contribution in [1.82, 2.24) is 4.57 Å². The van der Waals surface area contributed by atoms with E-state index in [9.17, 15) is 9.59 Å². The van der Waals surface area contributed by atoms with Gasteiger partial charge in [0, 0.05) is 21.3 Å². The lowest BCUT2D eigenvalue weighted by atomic mass is 10.3. The summed E-state index contributed by atoms with van der Waals surface area (Å²) in [5.41, 5.74) is 0.795. The van der Waals surface area contributed by atoms with Gasteiger partial charge in [-0.3, -0.25) is 9.59 Å². The molecule has 1 N–H and O–H groups in total. The summed E-state index contributed by atoms with van der Waals surface area (Å²) in [7, 11) is 0. The van der Waals surface area contributed by atoms with Crippen LogP contribution in [0.3, 0.4) is 0 Å². The van der Waals surface area contributed by atoms with E-state index in [-0.39, 0.29) is 18.0 Å². The van der Waals surface area contributed by atoms with Gasteiger partial charge >= 0.3 is 0 Å². The van der Waals surface area contributed by atoms with Crippen LogP contribution in [0.4, 0.5) is 5.69 Å². The largest absolute Gasteiger partial charge is 0.323 e. The molecule has 0 radical (unpaired) electrons. The lowest BCUT2D eigenvalue weighted by Gasteiger charge is -2.10. The Hall–Kier alpha value is -1.30.